The summed E-state index contributed by atoms with van der Waals surface area (Å²) >= 11 is 1.58. The van der Waals surface area contributed by atoms with Gasteiger partial charge in [-0.15, -0.1) is 11.3 Å². The third-order valence-electron chi connectivity index (χ3n) is 4.75. The molecule has 0 bridgehead atoms. The molecule has 1 saturated carbocycles. The Morgan fingerprint density at radius 3 is 2.79 bits per heavy atom. The molecule has 1 fully saturated rings. The van der Waals surface area contributed by atoms with Crippen molar-refractivity contribution in [3.05, 3.63) is 59.1 Å². The summed E-state index contributed by atoms with van der Waals surface area (Å²) < 4.78 is 0. The third-order valence-corrected chi connectivity index (χ3v) is 5.67. The van der Waals surface area contributed by atoms with Crippen LogP contribution < -0.4 is 5.32 Å². The molecule has 2 aromatic carbocycles. The van der Waals surface area contributed by atoms with Crippen LogP contribution in [0.2, 0.25) is 0 Å². The second-order valence-electron chi connectivity index (χ2n) is 6.42. The molecule has 0 aliphatic heterocycles. The maximum atomic E-state index is 12.2. The molecule has 1 heterocycles. The molecule has 0 saturated heterocycles. The summed E-state index contributed by atoms with van der Waals surface area (Å²) in [4.78, 5) is 17.8. The van der Waals surface area contributed by atoms with E-state index in [-0.39, 0.29) is 11.8 Å². The molecule has 3 nitrogen and oxygen atoms in total. The van der Waals surface area contributed by atoms with Gasteiger partial charge in [0.1, 0.15) is 0 Å². The van der Waals surface area contributed by atoms with E-state index >= 15 is 0 Å². The van der Waals surface area contributed by atoms with Gasteiger partial charge in [0.05, 0.1) is 0 Å². The number of carbonyl (C=O) groups excluding carboxylic acids is 1. The number of benzene rings is 2. The largest absolute Gasteiger partial charge is 0.302 e. The molecular weight excluding hydrogens is 316 g/mol. The molecular formula is C20H20N2OS. The summed E-state index contributed by atoms with van der Waals surface area (Å²) in [5.41, 5.74) is 1.30. The second kappa shape index (κ2) is 6.73. The fraction of sp³-hybridized carbons (Fsp3) is 0.300. The molecule has 0 radical (unpaired) electrons. The number of anilines is 1. The Labute approximate surface area is 145 Å². The van der Waals surface area contributed by atoms with E-state index in [1.54, 1.807) is 11.3 Å². The van der Waals surface area contributed by atoms with Crippen molar-refractivity contribution in [2.24, 2.45) is 5.92 Å². The van der Waals surface area contributed by atoms with E-state index in [1.807, 2.05) is 6.20 Å². The van der Waals surface area contributed by atoms with Gasteiger partial charge in [0.15, 0.2) is 5.13 Å². The minimum Gasteiger partial charge on any atom is -0.302 e. The number of hydrogen-bond donors (Lipinski definition) is 1. The molecule has 1 N–H and O–H groups in total. The van der Waals surface area contributed by atoms with Gasteiger partial charge in [0.25, 0.3) is 0 Å². The van der Waals surface area contributed by atoms with Crippen molar-refractivity contribution in [2.75, 3.05) is 5.32 Å². The summed E-state index contributed by atoms with van der Waals surface area (Å²) in [6.07, 6.45) is 7.10. The van der Waals surface area contributed by atoms with E-state index < -0.39 is 0 Å². The molecule has 122 valence electrons. The van der Waals surface area contributed by atoms with Gasteiger partial charge in [-0.25, -0.2) is 4.98 Å². The van der Waals surface area contributed by atoms with Crippen molar-refractivity contribution in [3.63, 3.8) is 0 Å². The average molecular weight is 336 g/mol. The summed E-state index contributed by atoms with van der Waals surface area (Å²) in [5.74, 6) is 0.314. The monoisotopic (exact) mass is 336 g/mol. The predicted octanol–water partition coefficient (Wildman–Crippen LogP) is 5.02. The van der Waals surface area contributed by atoms with E-state index in [9.17, 15) is 4.79 Å². The number of rotatable bonds is 4. The number of amides is 1. The number of thiazole rings is 1. The SMILES string of the molecule is O=C(Nc1ncc(Cc2cccc3ccccc23)s1)C1CCCC1. The molecule has 0 atom stereocenters. The van der Waals surface area contributed by atoms with E-state index in [0.717, 1.165) is 24.4 Å². The molecule has 24 heavy (non-hydrogen) atoms. The number of aromatic nitrogens is 1. The van der Waals surface area contributed by atoms with E-state index in [1.165, 1.54) is 34.1 Å². The van der Waals surface area contributed by atoms with Crippen LogP contribution in [-0.2, 0) is 11.2 Å². The minimum atomic E-state index is 0.138. The van der Waals surface area contributed by atoms with Crippen LogP contribution in [0.3, 0.4) is 0 Å². The maximum absolute atomic E-state index is 12.2. The van der Waals surface area contributed by atoms with Crippen LogP contribution >= 0.6 is 11.3 Å². The van der Waals surface area contributed by atoms with Crippen LogP contribution in [0.25, 0.3) is 10.8 Å². The molecule has 0 unspecified atom stereocenters. The highest BCUT2D eigenvalue weighted by atomic mass is 32.1. The van der Waals surface area contributed by atoms with Crippen LogP contribution in [0.1, 0.15) is 36.1 Å². The Morgan fingerprint density at radius 1 is 1.12 bits per heavy atom. The van der Waals surface area contributed by atoms with E-state index in [4.69, 9.17) is 0 Å². The minimum absolute atomic E-state index is 0.138. The van der Waals surface area contributed by atoms with Gasteiger partial charge in [-0.2, -0.15) is 0 Å². The Bertz CT molecular complexity index is 859. The van der Waals surface area contributed by atoms with E-state index in [0.29, 0.717) is 0 Å². The molecule has 0 spiro atoms. The lowest BCUT2D eigenvalue weighted by Gasteiger charge is -2.07. The first-order valence-corrected chi connectivity index (χ1v) is 9.33. The Kier molecular flexibility index (Phi) is 4.30. The maximum Gasteiger partial charge on any atom is 0.229 e. The molecule has 1 aromatic heterocycles. The van der Waals surface area contributed by atoms with Gasteiger partial charge < -0.3 is 5.32 Å². The smallest absolute Gasteiger partial charge is 0.229 e. The fourth-order valence-corrected chi connectivity index (χ4v) is 4.32. The number of nitrogens with one attached hydrogen (secondary N) is 1. The lowest BCUT2D eigenvalue weighted by atomic mass is 10.0. The Balaban J connectivity index is 1.49. The van der Waals surface area contributed by atoms with Crippen LogP contribution in [0, 0.1) is 5.92 Å². The molecule has 3 aromatic rings. The number of nitrogens with zero attached hydrogens (tertiary/aromatic N) is 1. The average Bonchev–Trinajstić information content (AvgIpc) is 3.27. The molecule has 4 rings (SSSR count). The highest BCUT2D eigenvalue weighted by Gasteiger charge is 2.23. The van der Waals surface area contributed by atoms with Gasteiger partial charge in [-0.05, 0) is 29.2 Å². The van der Waals surface area contributed by atoms with Gasteiger partial charge >= 0.3 is 0 Å². The fourth-order valence-electron chi connectivity index (χ4n) is 3.48. The summed E-state index contributed by atoms with van der Waals surface area (Å²) in [6, 6.07) is 14.8. The van der Waals surface area contributed by atoms with Crippen molar-refractivity contribution in [1.82, 2.24) is 4.98 Å². The van der Waals surface area contributed by atoms with Crippen molar-refractivity contribution >= 4 is 33.1 Å². The lowest BCUT2D eigenvalue weighted by Crippen LogP contribution is -2.19. The highest BCUT2D eigenvalue weighted by Crippen LogP contribution is 2.28. The lowest BCUT2D eigenvalue weighted by molar-refractivity contribution is -0.119. The standard InChI is InChI=1S/C20H20N2OS/c23-19(15-7-1-2-8-15)22-20-21-13-17(24-20)12-16-10-5-9-14-6-3-4-11-18(14)16/h3-6,9-11,13,15H,1-2,7-8,12H2,(H,21,22,23). The van der Waals surface area contributed by atoms with Crippen molar-refractivity contribution in [2.45, 2.75) is 32.1 Å². The van der Waals surface area contributed by atoms with Gasteiger partial charge in [-0.1, -0.05) is 55.3 Å². The first-order chi connectivity index (χ1) is 11.8. The summed E-state index contributed by atoms with van der Waals surface area (Å²) in [5, 5.41) is 6.26. The van der Waals surface area contributed by atoms with Crippen molar-refractivity contribution < 1.29 is 4.79 Å². The zero-order valence-corrected chi connectivity index (χ0v) is 14.3. The van der Waals surface area contributed by atoms with Gasteiger partial charge in [0, 0.05) is 23.4 Å². The molecule has 1 aliphatic rings. The Morgan fingerprint density at radius 2 is 1.92 bits per heavy atom. The van der Waals surface area contributed by atoms with Gasteiger partial charge in [0.2, 0.25) is 5.91 Å². The zero-order valence-electron chi connectivity index (χ0n) is 13.5. The summed E-state index contributed by atoms with van der Waals surface area (Å²) in [6.45, 7) is 0. The summed E-state index contributed by atoms with van der Waals surface area (Å²) in [7, 11) is 0. The van der Waals surface area contributed by atoms with E-state index in [2.05, 4.69) is 52.8 Å². The van der Waals surface area contributed by atoms with Crippen LogP contribution in [-0.4, -0.2) is 10.9 Å². The van der Waals surface area contributed by atoms with Crippen LogP contribution in [0.5, 0.6) is 0 Å². The first kappa shape index (κ1) is 15.3. The Hall–Kier alpha value is -2.20. The third kappa shape index (κ3) is 3.20. The number of hydrogen-bond acceptors (Lipinski definition) is 3. The topological polar surface area (TPSA) is 42.0 Å². The number of carbonyl (C=O) groups is 1. The second-order valence-corrected chi connectivity index (χ2v) is 7.53. The molecule has 4 heteroatoms. The van der Waals surface area contributed by atoms with Crippen molar-refractivity contribution in [1.29, 1.82) is 0 Å². The zero-order chi connectivity index (χ0) is 16.4. The normalized spacial score (nSPS) is 15.0. The van der Waals surface area contributed by atoms with Crippen LogP contribution in [0.4, 0.5) is 5.13 Å². The van der Waals surface area contributed by atoms with Gasteiger partial charge in [-0.3, -0.25) is 4.79 Å². The molecule has 1 amide bonds. The quantitative estimate of drug-likeness (QED) is 0.727. The van der Waals surface area contributed by atoms with Crippen LogP contribution in [0.15, 0.2) is 48.7 Å². The highest BCUT2D eigenvalue weighted by molar-refractivity contribution is 7.15. The predicted molar refractivity (Wildman–Crippen MR) is 99.5 cm³/mol. The first-order valence-electron chi connectivity index (χ1n) is 8.52. The number of fused-ring (bicyclic) bond motifs is 1. The van der Waals surface area contributed by atoms with Crippen molar-refractivity contribution in [3.8, 4) is 0 Å². The molecule has 1 aliphatic carbocycles.